The first-order chi connectivity index (χ1) is 12.3. The van der Waals surface area contributed by atoms with Crippen LogP contribution < -0.4 is 11.3 Å². The molecule has 2 aromatic carbocycles. The van der Waals surface area contributed by atoms with Crippen LogP contribution in [0.3, 0.4) is 0 Å². The number of aromatic amines is 1. The van der Waals surface area contributed by atoms with Crippen LogP contribution in [-0.2, 0) is 6.18 Å². The lowest BCUT2D eigenvalue weighted by molar-refractivity contribution is -0.137. The average molecular weight is 359 g/mol. The number of hydrogen-bond donors (Lipinski definition) is 2. The van der Waals surface area contributed by atoms with E-state index in [2.05, 4.69) is 9.97 Å². The molecule has 1 heterocycles. The quantitative estimate of drug-likeness (QED) is 0.752. The number of aromatic nitrogens is 2. The van der Waals surface area contributed by atoms with Crippen LogP contribution in [-0.4, -0.2) is 15.9 Å². The summed E-state index contributed by atoms with van der Waals surface area (Å²) in [7, 11) is 0. The fourth-order valence-electron chi connectivity index (χ4n) is 2.54. The van der Waals surface area contributed by atoms with Gasteiger partial charge in [0, 0.05) is 11.8 Å². The number of hydrogen-bond acceptors (Lipinski definition) is 3. The number of nitrogens with one attached hydrogen (secondary N) is 1. The van der Waals surface area contributed by atoms with Crippen molar-refractivity contribution in [3.05, 3.63) is 76.3 Å². The minimum absolute atomic E-state index is 0.0238. The van der Waals surface area contributed by atoms with Crippen molar-refractivity contribution in [1.29, 1.82) is 0 Å². The lowest BCUT2D eigenvalue weighted by Gasteiger charge is -2.13. The first kappa shape index (κ1) is 17.4. The van der Waals surface area contributed by atoms with E-state index in [0.717, 1.165) is 12.3 Å². The topological polar surface area (TPSA) is 88.8 Å². The molecule has 0 fully saturated rings. The normalized spacial score (nSPS) is 11.3. The van der Waals surface area contributed by atoms with Gasteiger partial charge in [0.2, 0.25) is 0 Å². The van der Waals surface area contributed by atoms with Crippen LogP contribution in [0.4, 0.5) is 13.2 Å². The standard InChI is InChI=1S/C18H12F3N3O2/c19-18(20,21)13-7-2-1-6-12(13)10-4-3-5-11(8-10)15-17(26)23-9-14(24-15)16(22)25/h1-9H,(H2,22,25)(H,23,26). The third kappa shape index (κ3) is 3.34. The molecule has 0 unspecified atom stereocenters. The molecule has 1 aromatic heterocycles. The van der Waals surface area contributed by atoms with E-state index in [-0.39, 0.29) is 28.1 Å². The molecule has 8 heteroatoms. The number of halogens is 3. The summed E-state index contributed by atoms with van der Waals surface area (Å²) in [5.74, 6) is -0.832. The van der Waals surface area contributed by atoms with Gasteiger partial charge in [-0.05, 0) is 23.3 Å². The molecule has 0 aliphatic heterocycles. The lowest BCUT2D eigenvalue weighted by atomic mass is 9.97. The van der Waals surface area contributed by atoms with Gasteiger partial charge < -0.3 is 10.7 Å². The Bertz CT molecular complexity index is 1040. The Hall–Kier alpha value is -3.42. The number of nitrogens with zero attached hydrogens (tertiary/aromatic N) is 1. The van der Waals surface area contributed by atoms with E-state index in [0.29, 0.717) is 0 Å². The van der Waals surface area contributed by atoms with Crippen molar-refractivity contribution >= 4 is 5.91 Å². The second kappa shape index (κ2) is 6.47. The van der Waals surface area contributed by atoms with Crippen LogP contribution in [0.5, 0.6) is 0 Å². The number of primary amides is 1. The van der Waals surface area contributed by atoms with Crippen molar-refractivity contribution in [1.82, 2.24) is 9.97 Å². The van der Waals surface area contributed by atoms with Gasteiger partial charge in [-0.2, -0.15) is 13.2 Å². The zero-order valence-electron chi connectivity index (χ0n) is 13.2. The maximum Gasteiger partial charge on any atom is 0.417 e. The minimum Gasteiger partial charge on any atom is -0.364 e. The summed E-state index contributed by atoms with van der Waals surface area (Å²) in [5, 5.41) is 0. The predicted octanol–water partition coefficient (Wildman–Crippen LogP) is 3.22. The number of nitrogens with two attached hydrogens (primary N) is 1. The fraction of sp³-hybridized carbons (Fsp3) is 0.0556. The average Bonchev–Trinajstić information content (AvgIpc) is 2.61. The van der Waals surface area contributed by atoms with Gasteiger partial charge in [-0.1, -0.05) is 36.4 Å². The molecule has 0 atom stereocenters. The second-order valence-corrected chi connectivity index (χ2v) is 5.45. The lowest BCUT2D eigenvalue weighted by Crippen LogP contribution is -2.19. The summed E-state index contributed by atoms with van der Waals surface area (Å²) >= 11 is 0. The van der Waals surface area contributed by atoms with Crippen LogP contribution in [0.2, 0.25) is 0 Å². The molecule has 0 saturated heterocycles. The van der Waals surface area contributed by atoms with Crippen molar-refractivity contribution in [3.63, 3.8) is 0 Å². The molecule has 0 spiro atoms. The number of benzene rings is 2. The Labute approximate surface area is 145 Å². The fourth-order valence-corrected chi connectivity index (χ4v) is 2.54. The molecule has 0 aliphatic rings. The van der Waals surface area contributed by atoms with Crippen molar-refractivity contribution in [2.75, 3.05) is 0 Å². The molecule has 0 radical (unpaired) electrons. The van der Waals surface area contributed by atoms with Gasteiger partial charge in [0.25, 0.3) is 11.5 Å². The summed E-state index contributed by atoms with van der Waals surface area (Å²) in [6.45, 7) is 0. The Kier molecular flexibility index (Phi) is 4.33. The van der Waals surface area contributed by atoms with Crippen LogP contribution in [0, 0.1) is 0 Å². The zero-order chi connectivity index (χ0) is 18.9. The largest absolute Gasteiger partial charge is 0.417 e. The van der Waals surface area contributed by atoms with Crippen LogP contribution in [0.25, 0.3) is 22.4 Å². The number of rotatable bonds is 3. The molecule has 132 valence electrons. The molecule has 3 aromatic rings. The highest BCUT2D eigenvalue weighted by atomic mass is 19.4. The summed E-state index contributed by atoms with van der Waals surface area (Å²) < 4.78 is 39.7. The molecule has 1 amide bonds. The highest BCUT2D eigenvalue weighted by Gasteiger charge is 2.33. The van der Waals surface area contributed by atoms with Crippen molar-refractivity contribution in [3.8, 4) is 22.4 Å². The number of amides is 1. The third-order valence-corrected chi connectivity index (χ3v) is 3.72. The number of alkyl halides is 3. The predicted molar refractivity (Wildman–Crippen MR) is 89.2 cm³/mol. The maximum atomic E-state index is 13.2. The SMILES string of the molecule is NC(=O)c1c[nH]c(=O)c(-c2cccc(-c3ccccc3C(F)(F)F)c2)n1. The van der Waals surface area contributed by atoms with E-state index in [4.69, 9.17) is 5.73 Å². The van der Waals surface area contributed by atoms with Crippen LogP contribution in [0.1, 0.15) is 16.1 Å². The first-order valence-electron chi connectivity index (χ1n) is 7.44. The first-order valence-corrected chi connectivity index (χ1v) is 7.44. The highest BCUT2D eigenvalue weighted by molar-refractivity contribution is 5.91. The van der Waals surface area contributed by atoms with E-state index in [1.54, 1.807) is 0 Å². The summed E-state index contributed by atoms with van der Waals surface area (Å²) in [5.41, 5.74) is 4.03. The maximum absolute atomic E-state index is 13.2. The molecule has 0 saturated carbocycles. The third-order valence-electron chi connectivity index (χ3n) is 3.72. The molecular weight excluding hydrogens is 347 g/mol. The van der Waals surface area contributed by atoms with Gasteiger partial charge >= 0.3 is 6.18 Å². The van der Waals surface area contributed by atoms with Crippen molar-refractivity contribution < 1.29 is 18.0 Å². The summed E-state index contributed by atoms with van der Waals surface area (Å²) in [6.07, 6.45) is -3.44. The Morgan fingerprint density at radius 1 is 1.04 bits per heavy atom. The van der Waals surface area contributed by atoms with E-state index in [9.17, 15) is 22.8 Å². The van der Waals surface area contributed by atoms with E-state index in [1.807, 2.05) is 0 Å². The smallest absolute Gasteiger partial charge is 0.364 e. The second-order valence-electron chi connectivity index (χ2n) is 5.45. The molecular formula is C18H12F3N3O2. The minimum atomic E-state index is -4.52. The van der Waals surface area contributed by atoms with Crippen molar-refractivity contribution in [2.45, 2.75) is 6.18 Å². The van der Waals surface area contributed by atoms with Gasteiger partial charge in [-0.15, -0.1) is 0 Å². The molecule has 26 heavy (non-hydrogen) atoms. The Balaban J connectivity index is 2.16. The van der Waals surface area contributed by atoms with Gasteiger partial charge in [0.15, 0.2) is 0 Å². The van der Waals surface area contributed by atoms with Gasteiger partial charge in [-0.3, -0.25) is 9.59 Å². The van der Waals surface area contributed by atoms with Crippen molar-refractivity contribution in [2.24, 2.45) is 5.73 Å². The van der Waals surface area contributed by atoms with E-state index in [1.165, 1.54) is 42.5 Å². The molecule has 0 aliphatic carbocycles. The molecule has 5 nitrogen and oxygen atoms in total. The van der Waals surface area contributed by atoms with Gasteiger partial charge in [0.1, 0.15) is 11.4 Å². The molecule has 0 bridgehead atoms. The Morgan fingerprint density at radius 2 is 1.73 bits per heavy atom. The Morgan fingerprint density at radius 3 is 2.42 bits per heavy atom. The van der Waals surface area contributed by atoms with E-state index >= 15 is 0 Å². The molecule has 3 N–H and O–H groups in total. The van der Waals surface area contributed by atoms with Gasteiger partial charge in [-0.25, -0.2) is 4.98 Å². The van der Waals surface area contributed by atoms with Crippen LogP contribution in [0.15, 0.2) is 59.5 Å². The highest BCUT2D eigenvalue weighted by Crippen LogP contribution is 2.37. The van der Waals surface area contributed by atoms with E-state index < -0.39 is 23.2 Å². The van der Waals surface area contributed by atoms with Crippen LogP contribution >= 0.6 is 0 Å². The molecule has 3 rings (SSSR count). The summed E-state index contributed by atoms with van der Waals surface area (Å²) in [4.78, 5) is 29.5. The summed E-state index contributed by atoms with van der Waals surface area (Å²) in [6, 6.07) is 11.1. The monoisotopic (exact) mass is 359 g/mol. The number of carbonyl (C=O) groups excluding carboxylic acids is 1. The number of carbonyl (C=O) groups is 1. The number of H-pyrrole nitrogens is 1. The zero-order valence-corrected chi connectivity index (χ0v) is 13.2. The van der Waals surface area contributed by atoms with Gasteiger partial charge in [0.05, 0.1) is 5.56 Å².